The number of aromatic amines is 1. The number of halogens is 1. The summed E-state index contributed by atoms with van der Waals surface area (Å²) in [5, 5.41) is 2.77. The van der Waals surface area contributed by atoms with Gasteiger partial charge in [0.25, 0.3) is 0 Å². The third-order valence-electron chi connectivity index (χ3n) is 2.15. The van der Waals surface area contributed by atoms with Crippen LogP contribution in [0.1, 0.15) is 6.92 Å². The second kappa shape index (κ2) is 4.82. The van der Waals surface area contributed by atoms with Crippen LogP contribution < -0.4 is 5.32 Å². The molecular weight excluding hydrogens is 225 g/mol. The quantitative estimate of drug-likeness (QED) is 0.794. The van der Waals surface area contributed by atoms with Gasteiger partial charge in [-0.05, 0) is 25.1 Å². The molecule has 2 rings (SSSR count). The van der Waals surface area contributed by atoms with Crippen LogP contribution >= 0.6 is 0 Å². The van der Waals surface area contributed by atoms with Crippen molar-refractivity contribution in [2.24, 2.45) is 0 Å². The van der Waals surface area contributed by atoms with Crippen LogP contribution in [0.5, 0.6) is 0 Å². The van der Waals surface area contributed by atoms with Gasteiger partial charge in [-0.15, -0.1) is 0 Å². The molecule has 2 aromatic rings. The maximum atomic E-state index is 12.9. The van der Waals surface area contributed by atoms with Crippen molar-refractivity contribution in [3.8, 4) is 0 Å². The standard InChI is InChI=1S/C11H12FN3O2/c1-2-17-10(16)6-13-11-14-8-4-3-7(12)5-9(8)15-11/h3-5H,2,6H2,1H3,(H2,13,14,15). The molecule has 0 spiro atoms. The van der Waals surface area contributed by atoms with Crippen molar-refractivity contribution in [1.82, 2.24) is 9.97 Å². The molecule has 0 aliphatic heterocycles. The van der Waals surface area contributed by atoms with Crippen molar-refractivity contribution in [2.75, 3.05) is 18.5 Å². The van der Waals surface area contributed by atoms with E-state index in [4.69, 9.17) is 4.74 Å². The molecule has 0 atom stereocenters. The van der Waals surface area contributed by atoms with Crippen molar-refractivity contribution in [3.05, 3.63) is 24.0 Å². The Hall–Kier alpha value is -2.11. The van der Waals surface area contributed by atoms with Gasteiger partial charge < -0.3 is 15.0 Å². The number of benzene rings is 1. The number of nitrogens with zero attached hydrogens (tertiary/aromatic N) is 1. The van der Waals surface area contributed by atoms with E-state index in [0.717, 1.165) is 0 Å². The number of imidazole rings is 1. The molecule has 1 heterocycles. The average Bonchev–Trinajstić information content (AvgIpc) is 2.68. The van der Waals surface area contributed by atoms with E-state index in [1.165, 1.54) is 12.1 Å². The Bertz CT molecular complexity index is 538. The number of hydrogen-bond donors (Lipinski definition) is 2. The molecule has 0 fully saturated rings. The van der Waals surface area contributed by atoms with Crippen molar-refractivity contribution in [1.29, 1.82) is 0 Å². The topological polar surface area (TPSA) is 67.0 Å². The summed E-state index contributed by atoms with van der Waals surface area (Å²) < 4.78 is 17.7. The number of carbonyl (C=O) groups is 1. The lowest BCUT2D eigenvalue weighted by Crippen LogP contribution is -2.17. The van der Waals surface area contributed by atoms with E-state index < -0.39 is 0 Å². The third-order valence-corrected chi connectivity index (χ3v) is 2.15. The van der Waals surface area contributed by atoms with E-state index in [9.17, 15) is 9.18 Å². The summed E-state index contributed by atoms with van der Waals surface area (Å²) >= 11 is 0. The smallest absolute Gasteiger partial charge is 0.325 e. The minimum absolute atomic E-state index is 0.0240. The molecule has 0 bridgehead atoms. The highest BCUT2D eigenvalue weighted by atomic mass is 19.1. The predicted molar refractivity (Wildman–Crippen MR) is 61.2 cm³/mol. The SMILES string of the molecule is CCOC(=O)CNc1nc2ccc(F)cc2[nH]1. The number of fused-ring (bicyclic) bond motifs is 1. The Morgan fingerprint density at radius 3 is 3.18 bits per heavy atom. The highest BCUT2D eigenvalue weighted by Gasteiger charge is 2.05. The zero-order valence-electron chi connectivity index (χ0n) is 9.29. The summed E-state index contributed by atoms with van der Waals surface area (Å²) in [5.74, 6) is -0.282. The molecule has 1 aromatic carbocycles. The summed E-state index contributed by atoms with van der Waals surface area (Å²) in [6, 6.07) is 4.24. The predicted octanol–water partition coefficient (Wildman–Crippen LogP) is 1.68. The van der Waals surface area contributed by atoms with E-state index in [1.807, 2.05) is 0 Å². The fraction of sp³-hybridized carbons (Fsp3) is 0.273. The van der Waals surface area contributed by atoms with Crippen LogP contribution in [0.4, 0.5) is 10.3 Å². The Labute approximate surface area is 97.0 Å². The molecule has 0 aliphatic carbocycles. The van der Waals surface area contributed by atoms with Gasteiger partial charge in [0.2, 0.25) is 5.95 Å². The number of hydrogen-bond acceptors (Lipinski definition) is 4. The highest BCUT2D eigenvalue weighted by Crippen LogP contribution is 2.15. The number of nitrogens with one attached hydrogen (secondary N) is 2. The largest absolute Gasteiger partial charge is 0.465 e. The van der Waals surface area contributed by atoms with E-state index in [1.54, 1.807) is 13.0 Å². The van der Waals surface area contributed by atoms with Gasteiger partial charge in [-0.2, -0.15) is 0 Å². The van der Waals surface area contributed by atoms with Gasteiger partial charge in [0, 0.05) is 0 Å². The Kier molecular flexibility index (Phi) is 3.22. The molecule has 0 saturated carbocycles. The number of ether oxygens (including phenoxy) is 1. The second-order valence-corrected chi connectivity index (χ2v) is 3.41. The molecular formula is C11H12FN3O2. The number of carbonyl (C=O) groups excluding carboxylic acids is 1. The number of rotatable bonds is 4. The summed E-state index contributed by atoms with van der Waals surface area (Å²) in [7, 11) is 0. The van der Waals surface area contributed by atoms with Crippen molar-refractivity contribution in [3.63, 3.8) is 0 Å². The van der Waals surface area contributed by atoms with Gasteiger partial charge in [-0.3, -0.25) is 4.79 Å². The Morgan fingerprint density at radius 1 is 1.59 bits per heavy atom. The number of esters is 1. The van der Waals surface area contributed by atoms with Crippen molar-refractivity contribution >= 4 is 23.0 Å². The van der Waals surface area contributed by atoms with Crippen LogP contribution in [0.2, 0.25) is 0 Å². The molecule has 90 valence electrons. The molecule has 0 amide bonds. The van der Waals surface area contributed by atoms with Gasteiger partial charge in [0.15, 0.2) is 0 Å². The van der Waals surface area contributed by atoms with Gasteiger partial charge in [-0.1, -0.05) is 0 Å². The van der Waals surface area contributed by atoms with Crippen molar-refractivity contribution in [2.45, 2.75) is 6.92 Å². The third kappa shape index (κ3) is 2.72. The molecule has 0 radical (unpaired) electrons. The fourth-order valence-electron chi connectivity index (χ4n) is 1.43. The Balaban J connectivity index is 2.07. The molecule has 0 unspecified atom stereocenters. The molecule has 2 N–H and O–H groups in total. The van der Waals surface area contributed by atoms with Crippen LogP contribution in [0.3, 0.4) is 0 Å². The van der Waals surface area contributed by atoms with E-state index in [0.29, 0.717) is 23.6 Å². The van der Waals surface area contributed by atoms with Crippen LogP contribution in [-0.2, 0) is 9.53 Å². The number of anilines is 1. The average molecular weight is 237 g/mol. The first-order chi connectivity index (χ1) is 8.19. The first-order valence-corrected chi connectivity index (χ1v) is 5.24. The summed E-state index contributed by atoms with van der Waals surface area (Å²) in [6.07, 6.45) is 0. The number of H-pyrrole nitrogens is 1. The first-order valence-electron chi connectivity index (χ1n) is 5.24. The summed E-state index contributed by atoms with van der Waals surface area (Å²) in [4.78, 5) is 18.1. The molecule has 0 aliphatic rings. The fourth-order valence-corrected chi connectivity index (χ4v) is 1.43. The lowest BCUT2D eigenvalue weighted by Gasteiger charge is -2.01. The first kappa shape index (κ1) is 11.4. The van der Waals surface area contributed by atoms with E-state index >= 15 is 0 Å². The molecule has 1 aromatic heterocycles. The zero-order chi connectivity index (χ0) is 12.3. The van der Waals surface area contributed by atoms with Crippen LogP contribution in [0.15, 0.2) is 18.2 Å². The lowest BCUT2D eigenvalue weighted by molar-refractivity contribution is -0.140. The maximum absolute atomic E-state index is 12.9. The summed E-state index contributed by atoms with van der Waals surface area (Å²) in [6.45, 7) is 2.10. The van der Waals surface area contributed by atoms with Gasteiger partial charge >= 0.3 is 5.97 Å². The highest BCUT2D eigenvalue weighted by molar-refractivity contribution is 5.79. The minimum Gasteiger partial charge on any atom is -0.465 e. The monoisotopic (exact) mass is 237 g/mol. The molecule has 6 heteroatoms. The van der Waals surface area contributed by atoms with Gasteiger partial charge in [0.1, 0.15) is 12.4 Å². The molecule has 17 heavy (non-hydrogen) atoms. The maximum Gasteiger partial charge on any atom is 0.325 e. The van der Waals surface area contributed by atoms with E-state index in [-0.39, 0.29) is 18.3 Å². The van der Waals surface area contributed by atoms with Crippen LogP contribution in [-0.4, -0.2) is 29.1 Å². The van der Waals surface area contributed by atoms with Gasteiger partial charge in [0.05, 0.1) is 17.6 Å². The summed E-state index contributed by atoms with van der Waals surface area (Å²) in [5.41, 5.74) is 1.22. The second-order valence-electron chi connectivity index (χ2n) is 3.41. The van der Waals surface area contributed by atoms with Crippen LogP contribution in [0, 0.1) is 5.82 Å². The van der Waals surface area contributed by atoms with Crippen molar-refractivity contribution < 1.29 is 13.9 Å². The number of aromatic nitrogens is 2. The molecule has 0 saturated heterocycles. The lowest BCUT2D eigenvalue weighted by atomic mass is 10.3. The zero-order valence-corrected chi connectivity index (χ0v) is 9.29. The Morgan fingerprint density at radius 2 is 2.41 bits per heavy atom. The van der Waals surface area contributed by atoms with E-state index in [2.05, 4.69) is 15.3 Å². The van der Waals surface area contributed by atoms with Crippen LogP contribution in [0.25, 0.3) is 11.0 Å². The minimum atomic E-state index is -0.362. The normalized spacial score (nSPS) is 10.5. The van der Waals surface area contributed by atoms with Gasteiger partial charge in [-0.25, -0.2) is 9.37 Å². The molecule has 5 nitrogen and oxygen atoms in total.